The summed E-state index contributed by atoms with van der Waals surface area (Å²) in [5.41, 5.74) is 4.37. The predicted molar refractivity (Wildman–Crippen MR) is 60.6 cm³/mol. The van der Waals surface area contributed by atoms with Gasteiger partial charge in [-0.3, -0.25) is 0 Å². The Kier molecular flexibility index (Phi) is 2.87. The maximum absolute atomic E-state index is 3.55. The van der Waals surface area contributed by atoms with Gasteiger partial charge in [0.05, 0.1) is 0 Å². The van der Waals surface area contributed by atoms with Crippen LogP contribution in [0, 0.1) is 13.8 Å². The normalized spacial score (nSPS) is 15.9. The Morgan fingerprint density at radius 2 is 2.07 bits per heavy atom. The lowest BCUT2D eigenvalue weighted by atomic mass is 10.0. The third-order valence-corrected chi connectivity index (χ3v) is 3.12. The smallest absolute Gasteiger partial charge is 0.00683 e. The van der Waals surface area contributed by atoms with Crippen LogP contribution >= 0.6 is 0 Å². The van der Waals surface area contributed by atoms with Crippen molar-refractivity contribution < 1.29 is 0 Å². The molecule has 1 fully saturated rings. The van der Waals surface area contributed by atoms with E-state index < -0.39 is 0 Å². The van der Waals surface area contributed by atoms with Gasteiger partial charge in [-0.25, -0.2) is 0 Å². The Hall–Kier alpha value is -0.820. The van der Waals surface area contributed by atoms with Crippen LogP contribution in [0.3, 0.4) is 0 Å². The van der Waals surface area contributed by atoms with Crippen molar-refractivity contribution in [1.29, 1.82) is 0 Å². The van der Waals surface area contributed by atoms with E-state index in [2.05, 4.69) is 37.4 Å². The van der Waals surface area contributed by atoms with E-state index in [4.69, 9.17) is 0 Å². The summed E-state index contributed by atoms with van der Waals surface area (Å²) < 4.78 is 0. The molecule has 0 saturated heterocycles. The van der Waals surface area contributed by atoms with E-state index in [9.17, 15) is 0 Å². The van der Waals surface area contributed by atoms with Gasteiger partial charge in [-0.2, -0.15) is 0 Å². The Bertz CT molecular complexity index is 313. The van der Waals surface area contributed by atoms with Crippen LogP contribution in [-0.4, -0.2) is 12.6 Å². The van der Waals surface area contributed by atoms with Crippen molar-refractivity contribution >= 4 is 0 Å². The summed E-state index contributed by atoms with van der Waals surface area (Å²) in [6.07, 6.45) is 3.93. The Labute approximate surface area is 86.5 Å². The van der Waals surface area contributed by atoms with E-state index >= 15 is 0 Å². The van der Waals surface area contributed by atoms with Gasteiger partial charge in [0.25, 0.3) is 0 Å². The van der Waals surface area contributed by atoms with Crippen molar-refractivity contribution in [2.24, 2.45) is 0 Å². The first kappa shape index (κ1) is 9.72. The molecule has 0 heterocycles. The Balaban J connectivity index is 1.90. The predicted octanol–water partition coefficient (Wildman–Crippen LogP) is 2.60. The second-order valence-electron chi connectivity index (χ2n) is 4.34. The number of rotatable bonds is 4. The first-order chi connectivity index (χ1) is 6.77. The molecule has 76 valence electrons. The molecule has 1 aromatic rings. The lowest BCUT2D eigenvalue weighted by Gasteiger charge is -2.08. The minimum Gasteiger partial charge on any atom is -0.314 e. The molecule has 0 radical (unpaired) electrons. The standard InChI is InChI=1S/C13H19N/c1-10-4-3-5-12(11(10)2)8-9-14-13-6-7-13/h3-5,13-14H,6-9H2,1-2H3. The maximum atomic E-state index is 3.55. The average Bonchev–Trinajstić information content (AvgIpc) is 2.96. The molecule has 1 aliphatic rings. The molecule has 0 aromatic heterocycles. The first-order valence-electron chi connectivity index (χ1n) is 5.56. The number of nitrogens with one attached hydrogen (secondary N) is 1. The second kappa shape index (κ2) is 4.14. The molecule has 0 aliphatic heterocycles. The molecule has 2 rings (SSSR count). The highest BCUT2D eigenvalue weighted by Gasteiger charge is 2.19. The van der Waals surface area contributed by atoms with E-state index in [1.165, 1.54) is 36.0 Å². The van der Waals surface area contributed by atoms with Gasteiger partial charge >= 0.3 is 0 Å². The molecule has 0 bridgehead atoms. The van der Waals surface area contributed by atoms with Crippen molar-refractivity contribution in [2.45, 2.75) is 39.2 Å². The molecule has 0 amide bonds. The molecular formula is C13H19N. The van der Waals surface area contributed by atoms with Gasteiger partial charge in [0.2, 0.25) is 0 Å². The highest BCUT2D eigenvalue weighted by molar-refractivity contribution is 5.33. The molecule has 0 atom stereocenters. The average molecular weight is 189 g/mol. The topological polar surface area (TPSA) is 12.0 Å². The molecule has 1 aromatic carbocycles. The van der Waals surface area contributed by atoms with Gasteiger partial charge in [0.15, 0.2) is 0 Å². The van der Waals surface area contributed by atoms with Crippen LogP contribution in [0.2, 0.25) is 0 Å². The fourth-order valence-corrected chi connectivity index (χ4v) is 1.78. The second-order valence-corrected chi connectivity index (χ2v) is 4.34. The molecule has 1 N–H and O–H groups in total. The van der Waals surface area contributed by atoms with Gasteiger partial charge in [0, 0.05) is 6.04 Å². The number of aryl methyl sites for hydroxylation is 1. The fraction of sp³-hybridized carbons (Fsp3) is 0.538. The minimum absolute atomic E-state index is 0.833. The first-order valence-corrected chi connectivity index (χ1v) is 5.56. The van der Waals surface area contributed by atoms with E-state index in [1.54, 1.807) is 0 Å². The highest BCUT2D eigenvalue weighted by Crippen LogP contribution is 2.19. The zero-order chi connectivity index (χ0) is 9.97. The summed E-state index contributed by atoms with van der Waals surface area (Å²) in [6.45, 7) is 5.55. The summed E-state index contributed by atoms with van der Waals surface area (Å²) in [5.74, 6) is 0. The maximum Gasteiger partial charge on any atom is 0.00683 e. The van der Waals surface area contributed by atoms with Crippen molar-refractivity contribution in [3.8, 4) is 0 Å². The van der Waals surface area contributed by atoms with Crippen LogP contribution in [0.4, 0.5) is 0 Å². The summed E-state index contributed by atoms with van der Waals surface area (Å²) in [7, 11) is 0. The van der Waals surface area contributed by atoms with Gasteiger partial charge in [-0.1, -0.05) is 18.2 Å². The molecule has 0 spiro atoms. The van der Waals surface area contributed by atoms with Crippen LogP contribution in [0.15, 0.2) is 18.2 Å². The largest absolute Gasteiger partial charge is 0.314 e. The van der Waals surface area contributed by atoms with Crippen LogP contribution in [0.5, 0.6) is 0 Å². The lowest BCUT2D eigenvalue weighted by molar-refractivity contribution is 0.680. The Morgan fingerprint density at radius 1 is 1.29 bits per heavy atom. The number of hydrogen-bond acceptors (Lipinski definition) is 1. The third-order valence-electron chi connectivity index (χ3n) is 3.12. The lowest BCUT2D eigenvalue weighted by Crippen LogP contribution is -2.19. The van der Waals surface area contributed by atoms with E-state index in [0.29, 0.717) is 0 Å². The van der Waals surface area contributed by atoms with Gasteiger partial charge in [-0.15, -0.1) is 0 Å². The van der Waals surface area contributed by atoms with Crippen LogP contribution in [0.1, 0.15) is 29.5 Å². The highest BCUT2D eigenvalue weighted by atomic mass is 14.9. The molecule has 14 heavy (non-hydrogen) atoms. The van der Waals surface area contributed by atoms with Gasteiger partial charge in [0.1, 0.15) is 0 Å². The van der Waals surface area contributed by atoms with Crippen LogP contribution < -0.4 is 5.32 Å². The molecule has 0 unspecified atom stereocenters. The SMILES string of the molecule is Cc1cccc(CCNC2CC2)c1C. The van der Waals surface area contributed by atoms with Gasteiger partial charge in [-0.05, 0) is 56.3 Å². The summed E-state index contributed by atoms with van der Waals surface area (Å²) in [4.78, 5) is 0. The summed E-state index contributed by atoms with van der Waals surface area (Å²) in [5, 5.41) is 3.55. The van der Waals surface area contributed by atoms with Crippen molar-refractivity contribution in [2.75, 3.05) is 6.54 Å². The number of hydrogen-bond donors (Lipinski definition) is 1. The van der Waals surface area contributed by atoms with Crippen molar-refractivity contribution in [3.63, 3.8) is 0 Å². The van der Waals surface area contributed by atoms with E-state index in [1.807, 2.05) is 0 Å². The molecule has 1 heteroatoms. The molecule has 1 aliphatic carbocycles. The van der Waals surface area contributed by atoms with E-state index in [-0.39, 0.29) is 0 Å². The van der Waals surface area contributed by atoms with Crippen LogP contribution in [-0.2, 0) is 6.42 Å². The molecular weight excluding hydrogens is 170 g/mol. The van der Waals surface area contributed by atoms with Gasteiger partial charge < -0.3 is 5.32 Å². The minimum atomic E-state index is 0.833. The number of benzene rings is 1. The quantitative estimate of drug-likeness (QED) is 0.767. The summed E-state index contributed by atoms with van der Waals surface area (Å²) >= 11 is 0. The fourth-order valence-electron chi connectivity index (χ4n) is 1.78. The zero-order valence-corrected chi connectivity index (χ0v) is 9.14. The summed E-state index contributed by atoms with van der Waals surface area (Å²) in [6, 6.07) is 7.43. The van der Waals surface area contributed by atoms with E-state index in [0.717, 1.165) is 12.6 Å². The molecule has 1 nitrogen and oxygen atoms in total. The monoisotopic (exact) mass is 189 g/mol. The zero-order valence-electron chi connectivity index (χ0n) is 9.14. The third kappa shape index (κ3) is 2.36. The molecule has 1 saturated carbocycles. The van der Waals surface area contributed by atoms with Crippen molar-refractivity contribution in [3.05, 3.63) is 34.9 Å². The van der Waals surface area contributed by atoms with Crippen LogP contribution in [0.25, 0.3) is 0 Å². The Morgan fingerprint density at radius 3 is 2.79 bits per heavy atom. The van der Waals surface area contributed by atoms with Crippen molar-refractivity contribution in [1.82, 2.24) is 5.32 Å².